The van der Waals surface area contributed by atoms with E-state index in [2.05, 4.69) is 57.5 Å². The van der Waals surface area contributed by atoms with Gasteiger partial charge in [0, 0.05) is 36.9 Å². The lowest BCUT2D eigenvalue weighted by molar-refractivity contribution is 0.0776. The standard InChI is InChI=1S/C24H41N3O2Si2/c1-11-25(12-2)23(28)21-19(30(5,6)7)16-15-18-17-20(31(8,9)10)27(22(18)21)24(29)26(13-3)14-4/h15-17H,11-14H2,1-10H3. The molecule has 0 bridgehead atoms. The van der Waals surface area contributed by atoms with Crippen molar-refractivity contribution in [3.63, 3.8) is 0 Å². The number of rotatable bonds is 7. The van der Waals surface area contributed by atoms with Gasteiger partial charge in [0.15, 0.2) is 0 Å². The second-order valence-electron chi connectivity index (χ2n) is 10.2. The predicted octanol–water partition coefficient (Wildman–Crippen LogP) is 4.52. The largest absolute Gasteiger partial charge is 0.339 e. The van der Waals surface area contributed by atoms with Crippen molar-refractivity contribution >= 4 is 49.5 Å². The molecule has 0 fully saturated rings. The number of nitrogens with zero attached hydrogens (tertiary/aromatic N) is 3. The fourth-order valence-electron chi connectivity index (χ4n) is 4.19. The molecule has 1 aromatic heterocycles. The third kappa shape index (κ3) is 4.82. The highest BCUT2D eigenvalue weighted by atomic mass is 28.3. The van der Waals surface area contributed by atoms with Crippen LogP contribution in [0.4, 0.5) is 4.79 Å². The number of amides is 2. The number of carbonyl (C=O) groups is 2. The number of aromatic nitrogens is 1. The highest BCUT2D eigenvalue weighted by Crippen LogP contribution is 2.25. The second kappa shape index (κ2) is 9.32. The molecule has 1 heterocycles. The topological polar surface area (TPSA) is 45.6 Å². The van der Waals surface area contributed by atoms with E-state index in [1.54, 1.807) is 0 Å². The van der Waals surface area contributed by atoms with Gasteiger partial charge in [-0.1, -0.05) is 51.4 Å². The van der Waals surface area contributed by atoms with E-state index in [9.17, 15) is 9.59 Å². The van der Waals surface area contributed by atoms with Gasteiger partial charge in [-0.3, -0.25) is 9.36 Å². The molecule has 7 heteroatoms. The Kier molecular flexibility index (Phi) is 7.64. The summed E-state index contributed by atoms with van der Waals surface area (Å²) in [6, 6.07) is 6.41. The quantitative estimate of drug-likeness (QED) is 0.571. The van der Waals surface area contributed by atoms with Crippen LogP contribution in [0.1, 0.15) is 38.1 Å². The van der Waals surface area contributed by atoms with Crippen LogP contribution in [0.15, 0.2) is 18.2 Å². The number of hydrogen-bond acceptors (Lipinski definition) is 2. The molecule has 5 nitrogen and oxygen atoms in total. The van der Waals surface area contributed by atoms with E-state index < -0.39 is 16.1 Å². The molecular formula is C24H41N3O2Si2. The van der Waals surface area contributed by atoms with Crippen molar-refractivity contribution < 1.29 is 9.59 Å². The Morgan fingerprint density at radius 2 is 1.32 bits per heavy atom. The lowest BCUT2D eigenvalue weighted by Gasteiger charge is -2.28. The van der Waals surface area contributed by atoms with E-state index in [0.717, 1.165) is 27.0 Å². The van der Waals surface area contributed by atoms with E-state index in [0.29, 0.717) is 26.2 Å². The number of hydrogen-bond donors (Lipinski definition) is 0. The molecule has 31 heavy (non-hydrogen) atoms. The Morgan fingerprint density at radius 1 is 0.806 bits per heavy atom. The summed E-state index contributed by atoms with van der Waals surface area (Å²) in [5.74, 6) is 0.0434. The third-order valence-electron chi connectivity index (χ3n) is 6.03. The molecule has 0 atom stereocenters. The normalized spacial score (nSPS) is 12.3. The highest BCUT2D eigenvalue weighted by Gasteiger charge is 2.34. The van der Waals surface area contributed by atoms with Gasteiger partial charge in [0.25, 0.3) is 5.91 Å². The number of fused-ring (bicyclic) bond motifs is 1. The molecule has 0 saturated carbocycles. The van der Waals surface area contributed by atoms with Crippen molar-refractivity contribution in [2.45, 2.75) is 67.0 Å². The molecule has 1 aromatic carbocycles. The Bertz CT molecular complexity index is 948. The van der Waals surface area contributed by atoms with Crippen LogP contribution in [-0.4, -0.2) is 68.6 Å². The molecular weight excluding hydrogens is 418 g/mol. The monoisotopic (exact) mass is 459 g/mol. The summed E-state index contributed by atoms with van der Waals surface area (Å²) >= 11 is 0. The van der Waals surface area contributed by atoms with Gasteiger partial charge in [-0.2, -0.15) is 0 Å². The van der Waals surface area contributed by atoms with Gasteiger partial charge in [-0.25, -0.2) is 4.79 Å². The van der Waals surface area contributed by atoms with E-state index in [4.69, 9.17) is 0 Å². The number of carbonyl (C=O) groups excluding carboxylic acids is 2. The molecule has 0 aliphatic heterocycles. The van der Waals surface area contributed by atoms with Crippen molar-refractivity contribution in [2.75, 3.05) is 26.2 Å². The van der Waals surface area contributed by atoms with E-state index >= 15 is 0 Å². The molecule has 2 aromatic rings. The highest BCUT2D eigenvalue weighted by molar-refractivity contribution is 6.90. The van der Waals surface area contributed by atoms with Gasteiger partial charge >= 0.3 is 6.03 Å². The maximum absolute atomic E-state index is 13.9. The average molecular weight is 460 g/mol. The van der Waals surface area contributed by atoms with Crippen molar-refractivity contribution in [1.29, 1.82) is 0 Å². The van der Waals surface area contributed by atoms with E-state index in [1.807, 2.05) is 42.1 Å². The summed E-state index contributed by atoms with van der Waals surface area (Å²) in [6.45, 7) is 24.3. The number of benzene rings is 1. The summed E-state index contributed by atoms with van der Waals surface area (Å²) in [5, 5.41) is 3.21. The molecule has 0 aliphatic rings. The summed E-state index contributed by atoms with van der Waals surface area (Å²) in [7, 11) is -3.70. The van der Waals surface area contributed by atoms with Crippen LogP contribution in [-0.2, 0) is 0 Å². The maximum atomic E-state index is 13.9. The molecule has 0 saturated heterocycles. The molecule has 0 aliphatic carbocycles. The first kappa shape index (κ1) is 25.4. The summed E-state index contributed by atoms with van der Waals surface area (Å²) in [4.78, 5) is 31.4. The van der Waals surface area contributed by atoms with Crippen LogP contribution in [0.25, 0.3) is 10.9 Å². The van der Waals surface area contributed by atoms with Crippen LogP contribution >= 0.6 is 0 Å². The zero-order valence-corrected chi connectivity index (χ0v) is 23.2. The molecule has 172 valence electrons. The minimum absolute atomic E-state index is 0.0150. The average Bonchev–Trinajstić information content (AvgIpc) is 3.08. The lowest BCUT2D eigenvalue weighted by atomic mass is 10.1. The first-order valence-corrected chi connectivity index (χ1v) is 18.6. The lowest BCUT2D eigenvalue weighted by Crippen LogP contribution is -2.49. The van der Waals surface area contributed by atoms with E-state index in [1.165, 1.54) is 0 Å². The molecule has 0 radical (unpaired) electrons. The summed E-state index contributed by atoms with van der Waals surface area (Å²) in [6.07, 6.45) is 0. The van der Waals surface area contributed by atoms with Crippen LogP contribution in [0.2, 0.25) is 39.3 Å². The van der Waals surface area contributed by atoms with Crippen molar-refractivity contribution in [3.05, 3.63) is 23.8 Å². The van der Waals surface area contributed by atoms with Crippen LogP contribution in [0.5, 0.6) is 0 Å². The van der Waals surface area contributed by atoms with Crippen molar-refractivity contribution in [1.82, 2.24) is 14.4 Å². The van der Waals surface area contributed by atoms with Crippen molar-refractivity contribution in [2.24, 2.45) is 0 Å². The maximum Gasteiger partial charge on any atom is 0.328 e. The summed E-state index contributed by atoms with van der Waals surface area (Å²) < 4.78 is 1.90. The van der Waals surface area contributed by atoms with Gasteiger partial charge in [0.2, 0.25) is 0 Å². The van der Waals surface area contributed by atoms with Gasteiger partial charge in [-0.15, -0.1) is 0 Å². The molecule has 2 amide bonds. The van der Waals surface area contributed by atoms with Gasteiger partial charge in [0.1, 0.15) is 0 Å². The third-order valence-corrected chi connectivity index (χ3v) is 9.97. The van der Waals surface area contributed by atoms with Gasteiger partial charge in [-0.05, 0) is 38.9 Å². The second-order valence-corrected chi connectivity index (χ2v) is 20.3. The Balaban J connectivity index is 3.08. The zero-order valence-electron chi connectivity index (χ0n) is 21.2. The molecule has 0 N–H and O–H groups in total. The predicted molar refractivity (Wildman–Crippen MR) is 139 cm³/mol. The van der Waals surface area contributed by atoms with Crippen LogP contribution < -0.4 is 10.5 Å². The first-order valence-electron chi connectivity index (χ1n) is 11.6. The zero-order chi connectivity index (χ0) is 23.7. The molecule has 2 rings (SSSR count). The van der Waals surface area contributed by atoms with Gasteiger partial charge < -0.3 is 9.80 Å². The van der Waals surface area contributed by atoms with Gasteiger partial charge in [0.05, 0.1) is 27.2 Å². The first-order chi connectivity index (χ1) is 14.3. The van der Waals surface area contributed by atoms with E-state index in [-0.39, 0.29) is 11.9 Å². The Labute approximate surface area is 190 Å². The van der Waals surface area contributed by atoms with Crippen LogP contribution in [0, 0.1) is 0 Å². The smallest absolute Gasteiger partial charge is 0.328 e. The molecule has 0 spiro atoms. The fourth-order valence-corrected chi connectivity index (χ4v) is 7.22. The minimum atomic E-state index is -1.86. The summed E-state index contributed by atoms with van der Waals surface area (Å²) in [5.41, 5.74) is 1.55. The SMILES string of the molecule is CCN(CC)C(=O)c1c([Si](C)(C)C)ccc2cc([Si](C)(C)C)n(C(=O)N(CC)CC)c12. The molecule has 0 unspecified atom stereocenters. The van der Waals surface area contributed by atoms with Crippen molar-refractivity contribution in [3.8, 4) is 0 Å². The Hall–Kier alpha value is -1.87. The fraction of sp³-hybridized carbons (Fsp3) is 0.583. The van der Waals surface area contributed by atoms with Crippen LogP contribution in [0.3, 0.4) is 0 Å². The minimum Gasteiger partial charge on any atom is -0.339 e. The Morgan fingerprint density at radius 3 is 1.74 bits per heavy atom.